The van der Waals surface area contributed by atoms with Crippen molar-refractivity contribution in [1.29, 1.82) is 0 Å². The molecular formula is C12H13NO5. The van der Waals surface area contributed by atoms with Crippen LogP contribution in [0, 0.1) is 17.0 Å². The van der Waals surface area contributed by atoms with Gasteiger partial charge in [-0.25, -0.2) is 4.79 Å². The van der Waals surface area contributed by atoms with Crippen molar-refractivity contribution in [2.75, 3.05) is 6.61 Å². The SMILES string of the molecule is CCOC(=O)C(O)=Cc1ccc(C)cc1[N+](=O)[O-]. The van der Waals surface area contributed by atoms with Crippen molar-refractivity contribution in [2.24, 2.45) is 0 Å². The van der Waals surface area contributed by atoms with Gasteiger partial charge < -0.3 is 9.84 Å². The lowest BCUT2D eigenvalue weighted by Gasteiger charge is -2.02. The quantitative estimate of drug-likeness (QED) is 0.291. The van der Waals surface area contributed by atoms with Crippen molar-refractivity contribution in [1.82, 2.24) is 0 Å². The van der Waals surface area contributed by atoms with E-state index >= 15 is 0 Å². The number of hydrogen-bond acceptors (Lipinski definition) is 5. The lowest BCUT2D eigenvalue weighted by molar-refractivity contribution is -0.385. The van der Waals surface area contributed by atoms with Gasteiger partial charge in [-0.3, -0.25) is 10.1 Å². The molecule has 0 radical (unpaired) electrons. The maximum Gasteiger partial charge on any atom is 0.373 e. The Morgan fingerprint density at radius 1 is 1.56 bits per heavy atom. The summed E-state index contributed by atoms with van der Waals surface area (Å²) >= 11 is 0. The summed E-state index contributed by atoms with van der Waals surface area (Å²) in [4.78, 5) is 21.4. The van der Waals surface area contributed by atoms with Crippen LogP contribution >= 0.6 is 0 Å². The molecule has 0 heterocycles. The molecule has 6 nitrogen and oxygen atoms in total. The first-order valence-corrected chi connectivity index (χ1v) is 5.28. The van der Waals surface area contributed by atoms with Gasteiger partial charge in [-0.1, -0.05) is 6.07 Å². The maximum atomic E-state index is 11.2. The minimum Gasteiger partial charge on any atom is -0.502 e. The number of nitro benzene ring substituents is 1. The van der Waals surface area contributed by atoms with Crippen LogP contribution in [-0.4, -0.2) is 22.6 Å². The maximum absolute atomic E-state index is 11.2. The van der Waals surface area contributed by atoms with E-state index in [2.05, 4.69) is 4.74 Å². The van der Waals surface area contributed by atoms with Crippen LogP contribution in [0.5, 0.6) is 0 Å². The lowest BCUT2D eigenvalue weighted by Crippen LogP contribution is -2.07. The Morgan fingerprint density at radius 2 is 2.22 bits per heavy atom. The van der Waals surface area contributed by atoms with Gasteiger partial charge in [0.25, 0.3) is 5.69 Å². The monoisotopic (exact) mass is 251 g/mol. The highest BCUT2D eigenvalue weighted by Gasteiger charge is 2.15. The number of esters is 1. The number of benzene rings is 1. The standard InChI is InChI=1S/C12H13NO5/c1-3-18-12(15)11(14)7-9-5-4-8(2)6-10(9)13(16)17/h4-7,14H,3H2,1-2H3. The molecule has 0 aliphatic heterocycles. The molecular weight excluding hydrogens is 238 g/mol. The molecule has 0 amide bonds. The number of carbonyl (C=O) groups is 1. The Balaban J connectivity index is 3.14. The number of aryl methyl sites for hydroxylation is 1. The summed E-state index contributed by atoms with van der Waals surface area (Å²) in [6.07, 6.45) is 1.02. The van der Waals surface area contributed by atoms with Gasteiger partial charge in [0.2, 0.25) is 5.76 Å². The Labute approximate surface area is 104 Å². The second kappa shape index (κ2) is 5.81. The highest BCUT2D eigenvalue weighted by atomic mass is 16.6. The molecule has 0 aliphatic rings. The van der Waals surface area contributed by atoms with Gasteiger partial charge in [0.15, 0.2) is 0 Å². The van der Waals surface area contributed by atoms with Crippen LogP contribution in [0.1, 0.15) is 18.1 Å². The second-order valence-electron chi connectivity index (χ2n) is 3.57. The first kappa shape index (κ1) is 13.7. The number of ether oxygens (including phenoxy) is 1. The Morgan fingerprint density at radius 3 is 2.78 bits per heavy atom. The molecule has 1 rings (SSSR count). The fourth-order valence-electron chi connectivity index (χ4n) is 1.35. The average Bonchev–Trinajstić information content (AvgIpc) is 2.31. The number of rotatable bonds is 4. The average molecular weight is 251 g/mol. The van der Waals surface area contributed by atoms with Gasteiger partial charge in [0.1, 0.15) is 0 Å². The molecule has 0 aromatic heterocycles. The third kappa shape index (κ3) is 3.31. The van der Waals surface area contributed by atoms with E-state index in [1.807, 2.05) is 0 Å². The fourth-order valence-corrected chi connectivity index (χ4v) is 1.35. The number of nitrogens with zero attached hydrogens (tertiary/aromatic N) is 1. The van der Waals surface area contributed by atoms with E-state index in [0.29, 0.717) is 0 Å². The zero-order valence-electron chi connectivity index (χ0n) is 10.0. The molecule has 0 aliphatic carbocycles. The molecule has 0 saturated carbocycles. The molecule has 0 saturated heterocycles. The van der Waals surface area contributed by atoms with Crippen molar-refractivity contribution < 1.29 is 19.6 Å². The summed E-state index contributed by atoms with van der Waals surface area (Å²) in [5, 5.41) is 20.3. The first-order valence-electron chi connectivity index (χ1n) is 5.28. The van der Waals surface area contributed by atoms with Gasteiger partial charge in [-0.2, -0.15) is 0 Å². The van der Waals surface area contributed by atoms with Gasteiger partial charge in [0.05, 0.1) is 17.1 Å². The largest absolute Gasteiger partial charge is 0.502 e. The number of hydrogen-bond donors (Lipinski definition) is 1. The highest BCUT2D eigenvalue weighted by molar-refractivity contribution is 5.91. The van der Waals surface area contributed by atoms with E-state index in [1.54, 1.807) is 19.9 Å². The fraction of sp³-hybridized carbons (Fsp3) is 0.250. The number of aliphatic hydroxyl groups excluding tert-OH is 1. The van der Waals surface area contributed by atoms with E-state index in [0.717, 1.165) is 11.6 Å². The molecule has 0 unspecified atom stereocenters. The van der Waals surface area contributed by atoms with E-state index < -0.39 is 16.7 Å². The van der Waals surface area contributed by atoms with Crippen LogP contribution in [0.25, 0.3) is 6.08 Å². The predicted molar refractivity (Wildman–Crippen MR) is 65.1 cm³/mol. The molecule has 0 bridgehead atoms. The third-order valence-electron chi connectivity index (χ3n) is 2.16. The Bertz CT molecular complexity index is 507. The van der Waals surface area contributed by atoms with Crippen LogP contribution in [0.15, 0.2) is 24.0 Å². The van der Waals surface area contributed by atoms with Crippen molar-refractivity contribution >= 4 is 17.7 Å². The summed E-state index contributed by atoms with van der Waals surface area (Å²) in [5.74, 6) is -1.57. The van der Waals surface area contributed by atoms with Crippen LogP contribution < -0.4 is 0 Å². The molecule has 6 heteroatoms. The molecule has 1 aromatic rings. The van der Waals surface area contributed by atoms with Gasteiger partial charge >= 0.3 is 5.97 Å². The predicted octanol–water partition coefficient (Wildman–Crippen LogP) is 2.37. The molecule has 18 heavy (non-hydrogen) atoms. The zero-order valence-corrected chi connectivity index (χ0v) is 10.0. The first-order chi connectivity index (χ1) is 8.45. The molecule has 0 spiro atoms. The zero-order chi connectivity index (χ0) is 13.7. The summed E-state index contributed by atoms with van der Waals surface area (Å²) in [5.41, 5.74) is 0.691. The van der Waals surface area contributed by atoms with Gasteiger partial charge in [0, 0.05) is 12.1 Å². The van der Waals surface area contributed by atoms with Gasteiger partial charge in [-0.15, -0.1) is 0 Å². The van der Waals surface area contributed by atoms with Crippen LogP contribution in [-0.2, 0) is 9.53 Å². The second-order valence-corrected chi connectivity index (χ2v) is 3.57. The van der Waals surface area contributed by atoms with E-state index in [-0.39, 0.29) is 17.9 Å². The molecule has 0 atom stereocenters. The van der Waals surface area contributed by atoms with E-state index in [9.17, 15) is 20.0 Å². The van der Waals surface area contributed by atoms with Crippen molar-refractivity contribution in [3.05, 3.63) is 45.2 Å². The summed E-state index contributed by atoms with van der Waals surface area (Å²) < 4.78 is 4.57. The van der Waals surface area contributed by atoms with Crippen LogP contribution in [0.4, 0.5) is 5.69 Å². The molecule has 1 aromatic carbocycles. The Kier molecular flexibility index (Phi) is 4.42. The van der Waals surface area contributed by atoms with Gasteiger partial charge in [-0.05, 0) is 25.5 Å². The normalized spacial score (nSPS) is 11.1. The summed E-state index contributed by atoms with van der Waals surface area (Å²) in [6.45, 7) is 3.43. The minimum atomic E-state index is -0.910. The molecule has 1 N–H and O–H groups in total. The van der Waals surface area contributed by atoms with Crippen LogP contribution in [0.3, 0.4) is 0 Å². The smallest absolute Gasteiger partial charge is 0.373 e. The van der Waals surface area contributed by atoms with Crippen molar-refractivity contribution in [2.45, 2.75) is 13.8 Å². The number of aliphatic hydroxyl groups is 1. The minimum absolute atomic E-state index is 0.118. The highest BCUT2D eigenvalue weighted by Crippen LogP contribution is 2.22. The topological polar surface area (TPSA) is 89.7 Å². The van der Waals surface area contributed by atoms with Crippen molar-refractivity contribution in [3.8, 4) is 0 Å². The lowest BCUT2D eigenvalue weighted by atomic mass is 10.1. The molecule has 96 valence electrons. The summed E-state index contributed by atoms with van der Waals surface area (Å²) in [6, 6.07) is 4.48. The third-order valence-corrected chi connectivity index (χ3v) is 2.16. The van der Waals surface area contributed by atoms with E-state index in [4.69, 9.17) is 0 Å². The van der Waals surface area contributed by atoms with Crippen molar-refractivity contribution in [3.63, 3.8) is 0 Å². The van der Waals surface area contributed by atoms with E-state index in [1.165, 1.54) is 12.1 Å². The number of carbonyl (C=O) groups excluding carboxylic acids is 1. The number of nitro groups is 1. The van der Waals surface area contributed by atoms with Crippen LogP contribution in [0.2, 0.25) is 0 Å². The Hall–Kier alpha value is -2.37. The molecule has 0 fully saturated rings. The summed E-state index contributed by atoms with van der Waals surface area (Å²) in [7, 11) is 0.